The van der Waals surface area contributed by atoms with Gasteiger partial charge in [-0.1, -0.05) is 86.1 Å². The standard InChI is InChI=1S/C77H85ClFN13O17S2/c1-46(2)68(89-72(97)57(44-111(102,103)104)87-62(93)29-38-106-39-35-91-63(94)26-27-64(91)95)73(98)88-56(13-10-30-82-77(80)101)71(96)86-52-22-16-48(17-23-52)42-92(4)36-32-90(33-37-92)34-40-107-60-25-24-54(47(3)67(60)78)65-66-74(83-45-84-75(66)110-69(65)49-18-20-51(79)21-19-49)109-61(76(99)100)41-50-11-6-8-14-58(50)108-43-53-28-31-81-70(85-53)55-12-7-9-15-59(55)105-5/h6-9,11-12,14-28,31,45-46,56-57,61,68H,10,13,29-30,32-44H2,1-5H3,(H8-,80,82,86,87,88,89,93,96,97,98,99,100,101,102,103,104)/p+1/t56-,57-,61+,68-/m0/s1. The van der Waals surface area contributed by atoms with Crippen molar-refractivity contribution in [2.75, 3.05) is 90.9 Å². The molecule has 5 aromatic carbocycles. The molecule has 3 aromatic heterocycles. The van der Waals surface area contributed by atoms with Crippen molar-refractivity contribution in [3.63, 3.8) is 0 Å². The molecule has 1 fully saturated rings. The summed E-state index contributed by atoms with van der Waals surface area (Å²) in [5.74, 6) is -6.23. The van der Waals surface area contributed by atoms with Gasteiger partial charge in [0.25, 0.3) is 21.9 Å². The number of fused-ring (bicyclic) bond motifs is 1. The Morgan fingerprint density at radius 1 is 0.784 bits per heavy atom. The number of carboxylic acid groups (broad SMARTS) is 1. The van der Waals surface area contributed by atoms with Crippen molar-refractivity contribution < 1.29 is 89.0 Å². The lowest BCUT2D eigenvalue weighted by molar-refractivity contribution is -0.926. The average molecular weight is 1580 g/mol. The summed E-state index contributed by atoms with van der Waals surface area (Å²) in [4.78, 5) is 126. The molecule has 0 aliphatic carbocycles. The lowest BCUT2D eigenvalue weighted by Gasteiger charge is -2.42. The van der Waals surface area contributed by atoms with Crippen molar-refractivity contribution in [2.24, 2.45) is 11.7 Å². The second kappa shape index (κ2) is 38.0. The monoisotopic (exact) mass is 1580 g/mol. The Bertz CT molecular complexity index is 4840. The number of nitrogens with one attached hydrogen (secondary N) is 5. The van der Waals surface area contributed by atoms with Gasteiger partial charge in [-0.2, -0.15) is 8.42 Å². The van der Waals surface area contributed by atoms with Crippen LogP contribution in [0.4, 0.5) is 14.9 Å². The number of para-hydroxylation sites is 2. The Morgan fingerprint density at radius 3 is 2.19 bits per heavy atom. The fraction of sp³-hybridized carbons (Fsp3) is 0.351. The number of rotatable bonds is 38. The number of likely N-dealkylation sites (N-methyl/N-ethyl adjacent to an activating group) is 1. The van der Waals surface area contributed by atoms with Crippen LogP contribution in [0, 0.1) is 18.7 Å². The molecule has 586 valence electrons. The lowest BCUT2D eigenvalue weighted by Crippen LogP contribution is -2.59. The molecule has 2 aliphatic heterocycles. The van der Waals surface area contributed by atoms with E-state index in [0.29, 0.717) is 112 Å². The summed E-state index contributed by atoms with van der Waals surface area (Å²) in [6, 6.07) is 27.8. The Kier molecular flexibility index (Phi) is 28.2. The Balaban J connectivity index is 0.739. The van der Waals surface area contributed by atoms with E-state index >= 15 is 0 Å². The van der Waals surface area contributed by atoms with Crippen LogP contribution in [0.25, 0.3) is 43.2 Å². The van der Waals surface area contributed by atoms with Crippen molar-refractivity contribution in [2.45, 2.75) is 83.8 Å². The fourth-order valence-corrected chi connectivity index (χ4v) is 14.6. The minimum atomic E-state index is -4.88. The SMILES string of the molecule is COc1ccccc1-c1nccc(COc2ccccc2C[C@@H](Oc2ncnc3sc(-c4ccc(F)cc4)c(-c4ccc(OCCN5CC[N+](C)(Cc6ccc(NC(=O)[C@H](CCCNC(N)=O)NC(=O)[C@@H](NC(=O)[C@H](CS(=O)(=O)O)NC(=O)CCOCCN7C(=O)C=CC7=O)C(C)C)cc6)CC5)c(Cl)c4C)c23)C(=O)O)n1. The first-order valence-electron chi connectivity index (χ1n) is 35.6. The number of primary amides is 1. The second-order valence-corrected chi connectivity index (χ2v) is 29.9. The van der Waals surface area contributed by atoms with E-state index in [1.807, 2.05) is 49.4 Å². The zero-order valence-electron chi connectivity index (χ0n) is 61.5. The molecule has 2 aliphatic rings. The molecule has 5 heterocycles. The van der Waals surface area contributed by atoms with E-state index < -0.39 is 106 Å². The van der Waals surface area contributed by atoms with Crippen LogP contribution < -0.4 is 51.3 Å². The van der Waals surface area contributed by atoms with Gasteiger partial charge in [-0.25, -0.2) is 33.9 Å². The van der Waals surface area contributed by atoms with Crippen LogP contribution in [0.5, 0.6) is 23.1 Å². The first kappa shape index (κ1) is 82.4. The summed E-state index contributed by atoms with van der Waals surface area (Å²) in [5.41, 5.74) is 11.0. The summed E-state index contributed by atoms with van der Waals surface area (Å²) in [6.45, 7) is 9.28. The Hall–Kier alpha value is -11.1. The number of hydrogen-bond donors (Lipinski definition) is 8. The lowest BCUT2D eigenvalue weighted by atomic mass is 9.96. The van der Waals surface area contributed by atoms with E-state index in [1.54, 1.807) is 87.8 Å². The van der Waals surface area contributed by atoms with Gasteiger partial charge < -0.3 is 65.6 Å². The normalized spacial score (nSPS) is 14.6. The topological polar surface area (TPSA) is 402 Å². The summed E-state index contributed by atoms with van der Waals surface area (Å²) in [5, 5.41) is 24.2. The van der Waals surface area contributed by atoms with Crippen molar-refractivity contribution >= 4 is 96.4 Å². The van der Waals surface area contributed by atoms with Crippen molar-refractivity contribution in [3.05, 3.63) is 173 Å². The molecule has 4 atom stereocenters. The molecule has 8 aromatic rings. The number of amides is 8. The second-order valence-electron chi connectivity index (χ2n) is 27.1. The zero-order valence-corrected chi connectivity index (χ0v) is 63.9. The first-order valence-corrected chi connectivity index (χ1v) is 38.4. The van der Waals surface area contributed by atoms with Crippen LogP contribution in [0.2, 0.25) is 5.02 Å². The van der Waals surface area contributed by atoms with Gasteiger partial charge in [0, 0.05) is 79.1 Å². The van der Waals surface area contributed by atoms with E-state index in [2.05, 4.69) is 53.5 Å². The number of imide groups is 1. The van der Waals surface area contributed by atoms with E-state index in [0.717, 1.165) is 48.8 Å². The third-order valence-electron chi connectivity index (χ3n) is 18.6. The predicted octanol–water partition coefficient (Wildman–Crippen LogP) is 7.30. The van der Waals surface area contributed by atoms with Crippen molar-refractivity contribution in [1.29, 1.82) is 0 Å². The third kappa shape index (κ3) is 22.6. The maximum absolute atomic E-state index is 14.5. The third-order valence-corrected chi connectivity index (χ3v) is 21.0. The minimum Gasteiger partial charge on any atom is -0.496 e. The highest BCUT2D eigenvalue weighted by atomic mass is 35.5. The summed E-state index contributed by atoms with van der Waals surface area (Å²) in [6.07, 6.45) is 3.33. The van der Waals surface area contributed by atoms with Crippen LogP contribution in [0.15, 0.2) is 140 Å². The van der Waals surface area contributed by atoms with Gasteiger partial charge in [-0.3, -0.25) is 43.1 Å². The minimum absolute atomic E-state index is 0.00560. The van der Waals surface area contributed by atoms with Gasteiger partial charge in [-0.05, 0) is 103 Å². The number of piperazine rings is 1. The number of carboxylic acids is 1. The molecule has 0 saturated carbocycles. The highest BCUT2D eigenvalue weighted by Crippen LogP contribution is 2.50. The van der Waals surface area contributed by atoms with E-state index in [9.17, 15) is 60.8 Å². The van der Waals surface area contributed by atoms with Crippen molar-refractivity contribution in [1.82, 2.24) is 51.0 Å². The molecule has 10 rings (SSSR count). The molecular formula is C77H86ClFN13O17S2+. The average Bonchev–Trinajstić information content (AvgIpc) is 1.60. The quantitative estimate of drug-likeness (QED) is 0.00813. The van der Waals surface area contributed by atoms with E-state index in [4.69, 9.17) is 46.0 Å². The number of benzene rings is 5. The molecular weight excluding hydrogens is 1500 g/mol. The number of urea groups is 1. The maximum atomic E-state index is 14.5. The Labute approximate surface area is 648 Å². The number of ether oxygens (including phenoxy) is 5. The molecule has 111 heavy (non-hydrogen) atoms. The number of carbonyl (C=O) groups excluding carboxylic acids is 7. The van der Waals surface area contributed by atoms with Gasteiger partial charge in [-0.15, -0.1) is 11.3 Å². The van der Waals surface area contributed by atoms with Gasteiger partial charge >= 0.3 is 12.0 Å². The van der Waals surface area contributed by atoms with Crippen LogP contribution >= 0.6 is 22.9 Å². The number of nitrogens with zero attached hydrogens (tertiary/aromatic N) is 7. The number of halogens is 2. The van der Waals surface area contributed by atoms with E-state index in [1.165, 1.54) is 29.8 Å². The molecule has 34 heteroatoms. The molecule has 0 unspecified atom stereocenters. The fourth-order valence-electron chi connectivity index (χ4n) is 12.6. The van der Waals surface area contributed by atoms with Gasteiger partial charge in [0.2, 0.25) is 35.6 Å². The molecule has 8 amide bonds. The van der Waals surface area contributed by atoms with Crippen LogP contribution in [-0.4, -0.2) is 210 Å². The van der Waals surface area contributed by atoms with Crippen LogP contribution in [-0.2, 0) is 68.0 Å². The largest absolute Gasteiger partial charge is 0.496 e. The number of nitrogens with two attached hydrogens (primary N) is 1. The number of methoxy groups -OCH3 is 1. The molecule has 9 N–H and O–H groups in total. The highest BCUT2D eigenvalue weighted by Gasteiger charge is 2.36. The molecule has 0 radical (unpaired) electrons. The molecule has 0 bridgehead atoms. The van der Waals surface area contributed by atoms with Gasteiger partial charge in [0.1, 0.15) is 77.9 Å². The number of aromatic nitrogens is 4. The summed E-state index contributed by atoms with van der Waals surface area (Å²) < 4.78 is 79.0. The maximum Gasteiger partial charge on any atom is 0.345 e. The van der Waals surface area contributed by atoms with Gasteiger partial charge in [0.05, 0.1) is 68.7 Å². The van der Waals surface area contributed by atoms with Crippen LogP contribution in [0.1, 0.15) is 55.5 Å². The molecule has 0 spiro atoms. The number of carbonyl (C=O) groups is 8. The zero-order chi connectivity index (χ0) is 79.5. The Morgan fingerprint density at radius 2 is 1.50 bits per heavy atom. The smallest absolute Gasteiger partial charge is 0.345 e. The summed E-state index contributed by atoms with van der Waals surface area (Å²) in [7, 11) is -1.14. The molecule has 1 saturated heterocycles. The number of quaternary nitrogens is 1. The summed E-state index contributed by atoms with van der Waals surface area (Å²) >= 11 is 8.55. The number of anilines is 1. The number of thiophene rings is 1. The van der Waals surface area contributed by atoms with Gasteiger partial charge in [0.15, 0.2) is 5.82 Å². The van der Waals surface area contributed by atoms with Crippen LogP contribution in [0.3, 0.4) is 0 Å². The number of hydrogen-bond acceptors (Lipinski definition) is 21. The first-order chi connectivity index (χ1) is 53.1. The van der Waals surface area contributed by atoms with Crippen molar-refractivity contribution in [3.8, 4) is 56.1 Å². The molecule has 30 nitrogen and oxygen atoms in total. The highest BCUT2D eigenvalue weighted by molar-refractivity contribution is 7.85. The number of aliphatic carboxylic acids is 1. The van der Waals surface area contributed by atoms with E-state index in [-0.39, 0.29) is 58.1 Å². The predicted molar refractivity (Wildman–Crippen MR) is 410 cm³/mol.